The highest BCUT2D eigenvalue weighted by molar-refractivity contribution is 5.91. The van der Waals surface area contributed by atoms with E-state index >= 15 is 0 Å². The molecule has 2 aliphatic rings. The van der Waals surface area contributed by atoms with Crippen molar-refractivity contribution in [3.8, 4) is 0 Å². The summed E-state index contributed by atoms with van der Waals surface area (Å²) >= 11 is 0. The summed E-state index contributed by atoms with van der Waals surface area (Å²) in [6.45, 7) is 2.23. The van der Waals surface area contributed by atoms with Gasteiger partial charge >= 0.3 is 5.97 Å². The van der Waals surface area contributed by atoms with Crippen LogP contribution in [0.4, 0.5) is 0 Å². The first kappa shape index (κ1) is 12.4. The zero-order valence-corrected chi connectivity index (χ0v) is 11.1. The maximum Gasteiger partial charge on any atom is 0.312 e. The van der Waals surface area contributed by atoms with Crippen LogP contribution in [-0.2, 0) is 20.7 Å². The summed E-state index contributed by atoms with van der Waals surface area (Å²) in [6, 6.07) is 8.01. The average Bonchev–Trinajstić information content (AvgIpc) is 2.43. The summed E-state index contributed by atoms with van der Waals surface area (Å²) in [5.41, 5.74) is 1.79. The minimum absolute atomic E-state index is 0.108. The van der Waals surface area contributed by atoms with Gasteiger partial charge < -0.3 is 4.74 Å². The molecule has 3 heteroatoms. The second kappa shape index (κ2) is 4.48. The van der Waals surface area contributed by atoms with E-state index in [-0.39, 0.29) is 17.7 Å². The van der Waals surface area contributed by atoms with E-state index in [2.05, 4.69) is 0 Å². The zero-order valence-electron chi connectivity index (χ0n) is 11.1. The molecular weight excluding hydrogens is 240 g/mol. The fourth-order valence-corrected chi connectivity index (χ4v) is 3.53. The Hall–Kier alpha value is -1.64. The first-order chi connectivity index (χ1) is 9.16. The van der Waals surface area contributed by atoms with Crippen LogP contribution < -0.4 is 0 Å². The summed E-state index contributed by atoms with van der Waals surface area (Å²) in [6.07, 6.45) is 2.47. The first-order valence-electron chi connectivity index (χ1n) is 6.94. The summed E-state index contributed by atoms with van der Waals surface area (Å²) in [5.74, 6) is 0.0391. The molecule has 0 radical (unpaired) electrons. The smallest absolute Gasteiger partial charge is 0.312 e. The maximum atomic E-state index is 12.3. The number of rotatable bonds is 2. The molecule has 2 aliphatic carbocycles. The number of benzene rings is 1. The van der Waals surface area contributed by atoms with E-state index in [4.69, 9.17) is 4.74 Å². The number of ether oxygens (including phenoxy) is 1. The number of carbonyl (C=O) groups is 2. The van der Waals surface area contributed by atoms with Gasteiger partial charge in [-0.3, -0.25) is 9.59 Å². The Bertz CT molecular complexity index is 535. The van der Waals surface area contributed by atoms with Crippen LogP contribution in [0, 0.1) is 5.41 Å². The van der Waals surface area contributed by atoms with Crippen LogP contribution in [0.5, 0.6) is 0 Å². The largest absolute Gasteiger partial charge is 0.466 e. The monoisotopic (exact) mass is 258 g/mol. The van der Waals surface area contributed by atoms with Gasteiger partial charge in [-0.2, -0.15) is 0 Å². The highest BCUT2D eigenvalue weighted by Gasteiger charge is 2.50. The lowest BCUT2D eigenvalue weighted by Gasteiger charge is -2.43. The lowest BCUT2D eigenvalue weighted by atomic mass is 9.59. The number of carbonyl (C=O) groups excluding carboxylic acids is 2. The normalized spacial score (nSPS) is 28.7. The van der Waals surface area contributed by atoms with Crippen molar-refractivity contribution in [1.82, 2.24) is 0 Å². The van der Waals surface area contributed by atoms with Crippen molar-refractivity contribution in [1.29, 1.82) is 0 Å². The van der Waals surface area contributed by atoms with Crippen molar-refractivity contribution < 1.29 is 14.3 Å². The summed E-state index contributed by atoms with van der Waals surface area (Å²) < 4.78 is 5.26. The van der Waals surface area contributed by atoms with Crippen molar-refractivity contribution in [3.63, 3.8) is 0 Å². The molecule has 1 saturated carbocycles. The molecule has 100 valence electrons. The van der Waals surface area contributed by atoms with Crippen LogP contribution in [0.1, 0.15) is 43.2 Å². The van der Waals surface area contributed by atoms with E-state index in [0.29, 0.717) is 32.3 Å². The van der Waals surface area contributed by atoms with Crippen molar-refractivity contribution in [2.24, 2.45) is 5.41 Å². The lowest BCUT2D eigenvalue weighted by molar-refractivity contribution is -0.159. The van der Waals surface area contributed by atoms with Crippen molar-refractivity contribution in [2.75, 3.05) is 6.61 Å². The van der Waals surface area contributed by atoms with Crippen molar-refractivity contribution in [3.05, 3.63) is 35.4 Å². The Labute approximate surface area is 113 Å². The van der Waals surface area contributed by atoms with Gasteiger partial charge in [0, 0.05) is 12.3 Å². The van der Waals surface area contributed by atoms with Crippen LogP contribution in [0.25, 0.3) is 0 Å². The van der Waals surface area contributed by atoms with Gasteiger partial charge in [0.25, 0.3) is 0 Å². The maximum absolute atomic E-state index is 12.3. The zero-order chi connectivity index (χ0) is 13.5. The minimum atomic E-state index is -0.469. The highest BCUT2D eigenvalue weighted by atomic mass is 16.5. The van der Waals surface area contributed by atoms with E-state index in [1.54, 1.807) is 0 Å². The fraction of sp³-hybridized carbons (Fsp3) is 0.500. The molecule has 0 amide bonds. The molecule has 0 saturated heterocycles. The van der Waals surface area contributed by atoms with E-state index < -0.39 is 5.41 Å². The summed E-state index contributed by atoms with van der Waals surface area (Å²) in [4.78, 5) is 24.5. The third kappa shape index (κ3) is 1.88. The molecule has 0 unspecified atom stereocenters. The van der Waals surface area contributed by atoms with E-state index in [0.717, 1.165) is 11.1 Å². The minimum Gasteiger partial charge on any atom is -0.466 e. The Morgan fingerprint density at radius 2 is 2.21 bits per heavy atom. The van der Waals surface area contributed by atoms with E-state index in [9.17, 15) is 9.59 Å². The van der Waals surface area contributed by atoms with Crippen molar-refractivity contribution >= 4 is 11.8 Å². The molecule has 0 aromatic heterocycles. The van der Waals surface area contributed by atoms with Crippen LogP contribution in [0.2, 0.25) is 0 Å². The number of hydrogen-bond donors (Lipinski definition) is 0. The Morgan fingerprint density at radius 3 is 3.00 bits per heavy atom. The number of ketones is 1. The van der Waals surface area contributed by atoms with Crippen molar-refractivity contribution in [2.45, 2.75) is 38.5 Å². The summed E-state index contributed by atoms with van der Waals surface area (Å²) in [5, 5.41) is 0. The van der Waals surface area contributed by atoms with Crippen LogP contribution >= 0.6 is 0 Å². The van der Waals surface area contributed by atoms with Crippen LogP contribution in [-0.4, -0.2) is 18.4 Å². The number of fused-ring (bicyclic) bond motifs is 4. The molecule has 0 N–H and O–H groups in total. The summed E-state index contributed by atoms with van der Waals surface area (Å²) in [7, 11) is 0. The molecular formula is C16H18O3. The van der Waals surface area contributed by atoms with E-state index in [1.807, 2.05) is 31.2 Å². The molecule has 3 rings (SSSR count). The van der Waals surface area contributed by atoms with E-state index in [1.165, 1.54) is 0 Å². The van der Waals surface area contributed by atoms with Gasteiger partial charge in [-0.25, -0.2) is 0 Å². The molecule has 0 heterocycles. The third-order valence-electron chi connectivity index (χ3n) is 4.50. The number of Topliss-reactive ketones (excluding diaryl/α,β-unsaturated/α-hetero) is 1. The SMILES string of the molecule is CCOC(=O)[C@@]12CCC(=O)[C@@H](C1)c1ccccc1C2. The predicted molar refractivity (Wildman–Crippen MR) is 70.8 cm³/mol. The first-order valence-corrected chi connectivity index (χ1v) is 6.94. The third-order valence-corrected chi connectivity index (χ3v) is 4.50. The molecule has 1 aromatic rings. The van der Waals surface area contributed by atoms with Gasteiger partial charge in [0.1, 0.15) is 5.78 Å². The quantitative estimate of drug-likeness (QED) is 0.766. The predicted octanol–water partition coefficient (Wildman–Crippen LogP) is 2.63. The van der Waals surface area contributed by atoms with Crippen LogP contribution in [0.3, 0.4) is 0 Å². The Morgan fingerprint density at radius 1 is 1.42 bits per heavy atom. The molecule has 1 fully saturated rings. The number of esters is 1. The van der Waals surface area contributed by atoms with Crippen LogP contribution in [0.15, 0.2) is 24.3 Å². The molecule has 2 atom stereocenters. The van der Waals surface area contributed by atoms with Gasteiger partial charge in [0.05, 0.1) is 12.0 Å². The van der Waals surface area contributed by atoms with Gasteiger partial charge in [0.15, 0.2) is 0 Å². The average molecular weight is 258 g/mol. The molecule has 3 nitrogen and oxygen atoms in total. The number of hydrogen-bond acceptors (Lipinski definition) is 3. The molecule has 19 heavy (non-hydrogen) atoms. The van der Waals surface area contributed by atoms with Gasteiger partial charge in [-0.15, -0.1) is 0 Å². The molecule has 1 aromatic carbocycles. The molecule has 0 aliphatic heterocycles. The standard InChI is InChI=1S/C16H18O3/c1-2-19-15(18)16-8-7-14(17)13(10-16)12-6-4-3-5-11(12)9-16/h3-6,13H,2,7-10H2,1H3/t13-,16+/m0/s1. The molecule has 2 bridgehead atoms. The molecule has 0 spiro atoms. The lowest BCUT2D eigenvalue weighted by Crippen LogP contribution is -2.45. The topological polar surface area (TPSA) is 43.4 Å². The second-order valence-corrected chi connectivity index (χ2v) is 5.60. The highest BCUT2D eigenvalue weighted by Crippen LogP contribution is 2.50. The Kier molecular flexibility index (Phi) is 2.92. The fourth-order valence-electron chi connectivity index (χ4n) is 3.53. The Balaban J connectivity index is 2.03. The van der Waals surface area contributed by atoms with Gasteiger partial charge in [-0.1, -0.05) is 24.3 Å². The van der Waals surface area contributed by atoms with Gasteiger partial charge in [0.2, 0.25) is 0 Å². The van der Waals surface area contributed by atoms with Gasteiger partial charge in [-0.05, 0) is 37.3 Å². The second-order valence-electron chi connectivity index (χ2n) is 5.60.